The third-order valence-corrected chi connectivity index (χ3v) is 23.6. The molecule has 2 N–H and O–H groups in total. The van der Waals surface area contributed by atoms with Crippen molar-refractivity contribution in [1.29, 1.82) is 0 Å². The first-order chi connectivity index (χ1) is 53.7. The van der Waals surface area contributed by atoms with E-state index in [0.29, 0.717) is 30.2 Å². The van der Waals surface area contributed by atoms with Crippen LogP contribution in [-0.4, -0.2) is 52.3 Å². The molecule has 0 saturated carbocycles. The second-order valence-electron chi connectivity index (χ2n) is 30.3. The molecule has 1 unspecified atom stereocenters. The lowest BCUT2D eigenvalue weighted by atomic mass is 9.69. The Kier molecular flexibility index (Phi) is 17.5. The molecule has 1 fully saturated rings. The SMILES string of the molecule is CCCC1(CCC)c2cc(-c3ccccc3)ccc2-c2c1c1c(c3ccc(NC(=O)Cc4cccc(-c5ccc6c(c5)C(C)(C)c5c7c(c8ccc(NC(=O)c9ccccc9)cc8c5-6)OC(c5ccc(OC)cc5)(c5ccc(OC)cc5)C=C7)c4)cc23)OC(c2ccc(F)cc2)(c2ccc(N3CCOCC3)cc2)C=C1. The number of rotatable bonds is 18. The van der Waals surface area contributed by atoms with E-state index in [2.05, 4.69) is 219 Å². The van der Waals surface area contributed by atoms with Crippen LogP contribution < -0.4 is 34.5 Å². The predicted octanol–water partition coefficient (Wildman–Crippen LogP) is 22.6. The Balaban J connectivity index is 0.712. The van der Waals surface area contributed by atoms with Gasteiger partial charge in [0.1, 0.15) is 28.8 Å². The summed E-state index contributed by atoms with van der Waals surface area (Å²) in [6.45, 7) is 12.1. The van der Waals surface area contributed by atoms with Gasteiger partial charge in [-0.2, -0.15) is 0 Å². The molecule has 0 spiro atoms. The number of methoxy groups -OCH3 is 2. The number of carbonyl (C=O) groups is 2. The average Bonchev–Trinajstić information content (AvgIpc) is 1.51. The monoisotopic (exact) mass is 1450 g/mol. The zero-order valence-corrected chi connectivity index (χ0v) is 62.6. The molecule has 18 rings (SSSR count). The minimum absolute atomic E-state index is 0.123. The van der Waals surface area contributed by atoms with Crippen LogP contribution in [0.3, 0.4) is 0 Å². The van der Waals surface area contributed by atoms with Crippen molar-refractivity contribution in [2.24, 2.45) is 0 Å². The molecule has 3 aliphatic heterocycles. The Bertz CT molecular complexity index is 5810. The number of benzene rings is 13. The van der Waals surface area contributed by atoms with Gasteiger partial charge in [-0.05, 0) is 217 Å². The van der Waals surface area contributed by atoms with Crippen LogP contribution in [0.1, 0.15) is 125 Å². The first-order valence-corrected chi connectivity index (χ1v) is 38.4. The second kappa shape index (κ2) is 27.7. The Labute approximate surface area is 641 Å². The van der Waals surface area contributed by atoms with Crippen LogP contribution in [0.5, 0.6) is 23.0 Å². The van der Waals surface area contributed by atoms with Crippen molar-refractivity contribution in [3.63, 3.8) is 0 Å². The average molecular weight is 1450 g/mol. The maximum atomic E-state index is 15.1. The minimum Gasteiger partial charge on any atom is -0.497 e. The molecule has 544 valence electrons. The molecule has 3 heterocycles. The highest BCUT2D eigenvalue weighted by atomic mass is 19.1. The van der Waals surface area contributed by atoms with E-state index in [0.717, 1.165) is 172 Å². The van der Waals surface area contributed by atoms with Crippen LogP contribution in [0.4, 0.5) is 21.5 Å². The first kappa shape index (κ1) is 69.4. The molecule has 0 aromatic heterocycles. The molecule has 1 atom stereocenters. The summed E-state index contributed by atoms with van der Waals surface area (Å²) in [6, 6.07) is 85.9. The highest BCUT2D eigenvalue weighted by Crippen LogP contribution is 2.63. The fourth-order valence-electron chi connectivity index (χ4n) is 18.5. The summed E-state index contributed by atoms with van der Waals surface area (Å²) in [7, 11) is 3.34. The summed E-state index contributed by atoms with van der Waals surface area (Å²) >= 11 is 0. The third kappa shape index (κ3) is 11.6. The zero-order valence-electron chi connectivity index (χ0n) is 62.6. The molecule has 13 aromatic carbocycles. The number of hydrogen-bond donors (Lipinski definition) is 2. The number of morpholine rings is 1. The van der Waals surface area contributed by atoms with Crippen molar-refractivity contribution in [3.05, 3.63) is 340 Å². The molecule has 11 heteroatoms. The number of hydrogen-bond acceptors (Lipinski definition) is 8. The Morgan fingerprint density at radius 2 is 0.973 bits per heavy atom. The predicted molar refractivity (Wildman–Crippen MR) is 442 cm³/mol. The van der Waals surface area contributed by atoms with Gasteiger partial charge < -0.3 is 39.2 Å². The van der Waals surface area contributed by atoms with Gasteiger partial charge in [-0.1, -0.05) is 198 Å². The molecule has 110 heavy (non-hydrogen) atoms. The summed E-state index contributed by atoms with van der Waals surface area (Å²) in [5, 5.41) is 10.4. The lowest BCUT2D eigenvalue weighted by Crippen LogP contribution is -2.37. The van der Waals surface area contributed by atoms with Crippen LogP contribution in [0.25, 0.3) is 78.2 Å². The number of carbonyl (C=O) groups excluding carboxylic acids is 2. The van der Waals surface area contributed by atoms with E-state index in [9.17, 15) is 9.59 Å². The molecule has 2 amide bonds. The molecular formula is C99H84FN3O7. The summed E-state index contributed by atoms with van der Waals surface area (Å²) in [4.78, 5) is 31.3. The fourth-order valence-corrected chi connectivity index (χ4v) is 18.5. The Hall–Kier alpha value is -12.3. The van der Waals surface area contributed by atoms with E-state index in [1.54, 1.807) is 14.2 Å². The second-order valence-corrected chi connectivity index (χ2v) is 30.3. The molecule has 13 aromatic rings. The molecule has 1 saturated heterocycles. The smallest absolute Gasteiger partial charge is 0.255 e. The molecule has 0 bridgehead atoms. The summed E-state index contributed by atoms with van der Waals surface area (Å²) in [6.07, 6.45) is 12.7. The van der Waals surface area contributed by atoms with Crippen LogP contribution in [0.2, 0.25) is 0 Å². The van der Waals surface area contributed by atoms with E-state index in [1.807, 2.05) is 91.0 Å². The largest absolute Gasteiger partial charge is 0.497 e. The van der Waals surface area contributed by atoms with Gasteiger partial charge in [-0.3, -0.25) is 9.59 Å². The number of fused-ring (bicyclic) bond motifs is 16. The van der Waals surface area contributed by atoms with Crippen LogP contribution in [0.15, 0.2) is 267 Å². The number of ether oxygens (including phenoxy) is 5. The zero-order chi connectivity index (χ0) is 75.0. The molecular weight excluding hydrogens is 1360 g/mol. The summed E-state index contributed by atoms with van der Waals surface area (Å²) in [5.74, 6) is 2.28. The van der Waals surface area contributed by atoms with E-state index in [-0.39, 0.29) is 29.5 Å². The molecule has 0 radical (unpaired) electrons. The van der Waals surface area contributed by atoms with Gasteiger partial charge >= 0.3 is 0 Å². The quantitative estimate of drug-likeness (QED) is 0.0875. The lowest BCUT2D eigenvalue weighted by Gasteiger charge is -2.40. The van der Waals surface area contributed by atoms with Crippen LogP contribution in [0, 0.1) is 5.82 Å². The number of anilines is 3. The van der Waals surface area contributed by atoms with Crippen molar-refractivity contribution in [1.82, 2.24) is 0 Å². The van der Waals surface area contributed by atoms with Gasteiger partial charge in [0.2, 0.25) is 5.91 Å². The van der Waals surface area contributed by atoms with E-state index >= 15 is 4.39 Å². The maximum absolute atomic E-state index is 15.1. The molecule has 10 nitrogen and oxygen atoms in total. The Morgan fingerprint density at radius 1 is 0.482 bits per heavy atom. The van der Waals surface area contributed by atoms with Gasteiger partial charge in [-0.25, -0.2) is 4.39 Å². The lowest BCUT2D eigenvalue weighted by molar-refractivity contribution is -0.115. The number of nitrogens with zero attached hydrogens (tertiary/aromatic N) is 1. The van der Waals surface area contributed by atoms with Gasteiger partial charge in [0, 0.05) is 90.7 Å². The van der Waals surface area contributed by atoms with Crippen LogP contribution in [-0.2, 0) is 38.0 Å². The molecule has 5 aliphatic rings. The summed E-state index contributed by atoms with van der Waals surface area (Å²) in [5.41, 5.74) is 20.0. The van der Waals surface area contributed by atoms with E-state index in [4.69, 9.17) is 23.7 Å². The third-order valence-electron chi connectivity index (χ3n) is 23.6. The van der Waals surface area contributed by atoms with Crippen molar-refractivity contribution < 1.29 is 37.7 Å². The number of nitrogens with one attached hydrogen (secondary N) is 2. The van der Waals surface area contributed by atoms with E-state index < -0.39 is 16.6 Å². The van der Waals surface area contributed by atoms with Gasteiger partial charge in [-0.15, -0.1) is 0 Å². The first-order valence-electron chi connectivity index (χ1n) is 38.4. The number of halogens is 1. The maximum Gasteiger partial charge on any atom is 0.255 e. The highest BCUT2D eigenvalue weighted by Gasteiger charge is 2.49. The molecule has 2 aliphatic carbocycles. The van der Waals surface area contributed by atoms with Crippen molar-refractivity contribution in [2.45, 2.75) is 81.8 Å². The standard InChI is InChI=1S/C99H84FN3O7/c1-7-48-97(49-8-2)87-59-66(63-17-11-9-12-18-63)22-43-81(87)90-85-60-73(34-44-79(85)94-83(92(90)97)47-51-98(110-94,68-24-32-72(100)33-25-68)69-26-36-75(37-27-69)103-52-54-108-55-53-103)101-88(104)57-62-16-15-21-65(56-62)67-23-42-80-86(58-67)96(3,4)91-82-46-50-99(70-28-38-76(106-5)39-29-70,71-30-40-77(107-6)41-31-71)109-93(82)78-45-35-74(61-84(78)89(80)91)102-95(105)64-19-13-10-14-20-64/h9-47,50-51,56,58-61H,7-8,48-49,52-55,57H2,1-6H3,(H,101,104)(H,102,105). The highest BCUT2D eigenvalue weighted by molar-refractivity contribution is 6.13. The van der Waals surface area contributed by atoms with Gasteiger partial charge in [0.05, 0.1) is 33.9 Å². The Morgan fingerprint density at radius 3 is 1.55 bits per heavy atom. The van der Waals surface area contributed by atoms with Crippen molar-refractivity contribution in [2.75, 3.05) is 56.1 Å². The van der Waals surface area contributed by atoms with Gasteiger partial charge in [0.15, 0.2) is 11.2 Å². The number of amides is 2. The topological polar surface area (TPSA) is 108 Å². The fraction of sp³-hybridized carbons (Fsp3) is 0.192. The minimum atomic E-state index is -1.14. The normalized spacial score (nSPS) is 16.3. The van der Waals surface area contributed by atoms with Crippen molar-refractivity contribution in [3.8, 4) is 67.5 Å². The summed E-state index contributed by atoms with van der Waals surface area (Å²) < 4.78 is 47.7. The van der Waals surface area contributed by atoms with E-state index in [1.165, 1.54) is 34.4 Å². The van der Waals surface area contributed by atoms with Crippen molar-refractivity contribution >= 4 is 62.6 Å². The van der Waals surface area contributed by atoms with Crippen LogP contribution >= 0.6 is 0 Å². The van der Waals surface area contributed by atoms with Gasteiger partial charge in [0.25, 0.3) is 5.91 Å².